The van der Waals surface area contributed by atoms with Crippen molar-refractivity contribution in [2.45, 2.75) is 39.7 Å². The zero-order chi connectivity index (χ0) is 15.8. The number of hydrogen-bond donors (Lipinski definition) is 3. The number of aromatic hydroxyl groups is 1. The second-order valence-corrected chi connectivity index (χ2v) is 6.74. The van der Waals surface area contributed by atoms with Gasteiger partial charge in [-0.25, -0.2) is 4.79 Å². The number of amides is 1. The molecule has 0 fully saturated rings. The Balaban J connectivity index is 2.53. The first kappa shape index (κ1) is 15.6. The SMILES string of the molecule is CC(C)(C)C1CN(C(=O)O)CCc2cc(O)c(CO)cc21. The van der Waals surface area contributed by atoms with Crippen molar-refractivity contribution in [3.63, 3.8) is 0 Å². The van der Waals surface area contributed by atoms with E-state index >= 15 is 0 Å². The predicted octanol–water partition coefficient (Wildman–Crippen LogP) is 2.55. The predicted molar refractivity (Wildman–Crippen MR) is 79.5 cm³/mol. The largest absolute Gasteiger partial charge is 0.508 e. The second kappa shape index (κ2) is 5.56. The molecular weight excluding hydrogens is 270 g/mol. The lowest BCUT2D eigenvalue weighted by molar-refractivity contribution is 0.135. The standard InChI is InChI=1S/C16H23NO4/c1-16(2,3)13-8-17(15(20)21)5-4-10-7-14(19)11(9-18)6-12(10)13/h6-7,13,18-19H,4-5,8-9H2,1-3H3,(H,20,21). The van der Waals surface area contributed by atoms with E-state index in [0.717, 1.165) is 11.1 Å². The van der Waals surface area contributed by atoms with Gasteiger partial charge in [-0.2, -0.15) is 0 Å². The number of aliphatic hydroxyl groups is 1. The maximum absolute atomic E-state index is 11.4. The lowest BCUT2D eigenvalue weighted by Gasteiger charge is -2.33. The summed E-state index contributed by atoms with van der Waals surface area (Å²) in [6.07, 6.45) is -0.336. The smallest absolute Gasteiger partial charge is 0.407 e. The van der Waals surface area contributed by atoms with E-state index in [0.29, 0.717) is 25.1 Å². The van der Waals surface area contributed by atoms with Crippen LogP contribution in [0.5, 0.6) is 5.75 Å². The highest BCUT2D eigenvalue weighted by molar-refractivity contribution is 5.65. The lowest BCUT2D eigenvalue weighted by Crippen LogP contribution is -2.36. The van der Waals surface area contributed by atoms with Gasteiger partial charge in [0.1, 0.15) is 5.75 Å². The first-order valence-electron chi connectivity index (χ1n) is 7.17. The average Bonchev–Trinajstić information content (AvgIpc) is 2.56. The number of hydrogen-bond acceptors (Lipinski definition) is 3. The molecule has 1 unspecified atom stereocenters. The molecule has 0 aliphatic carbocycles. The number of fused-ring (bicyclic) bond motifs is 1. The summed E-state index contributed by atoms with van der Waals surface area (Å²) < 4.78 is 0. The van der Waals surface area contributed by atoms with Crippen LogP contribution in [0.2, 0.25) is 0 Å². The van der Waals surface area contributed by atoms with E-state index in [-0.39, 0.29) is 23.7 Å². The quantitative estimate of drug-likeness (QED) is 0.743. The molecule has 0 radical (unpaired) electrons. The van der Waals surface area contributed by atoms with Crippen LogP contribution in [0.1, 0.15) is 43.4 Å². The summed E-state index contributed by atoms with van der Waals surface area (Å²) in [7, 11) is 0. The van der Waals surface area contributed by atoms with E-state index in [9.17, 15) is 20.1 Å². The molecule has 3 N–H and O–H groups in total. The van der Waals surface area contributed by atoms with Crippen molar-refractivity contribution in [1.29, 1.82) is 0 Å². The first-order chi connectivity index (χ1) is 9.74. The molecule has 0 spiro atoms. The number of rotatable bonds is 1. The fourth-order valence-electron chi connectivity index (χ4n) is 2.94. The van der Waals surface area contributed by atoms with Crippen molar-refractivity contribution in [1.82, 2.24) is 4.90 Å². The zero-order valence-electron chi connectivity index (χ0n) is 12.8. The van der Waals surface area contributed by atoms with Crippen LogP contribution in [0.3, 0.4) is 0 Å². The highest BCUT2D eigenvalue weighted by Crippen LogP contribution is 2.41. The molecule has 0 saturated carbocycles. The normalized spacial score (nSPS) is 19.0. The molecule has 1 aromatic carbocycles. The Morgan fingerprint density at radius 3 is 2.57 bits per heavy atom. The molecular formula is C16H23NO4. The van der Waals surface area contributed by atoms with Crippen LogP contribution in [0.4, 0.5) is 4.79 Å². The van der Waals surface area contributed by atoms with Gasteiger partial charge < -0.3 is 20.2 Å². The van der Waals surface area contributed by atoms with Gasteiger partial charge in [0.25, 0.3) is 0 Å². The summed E-state index contributed by atoms with van der Waals surface area (Å²) in [5, 5.41) is 28.6. The van der Waals surface area contributed by atoms with Crippen LogP contribution in [-0.4, -0.2) is 39.4 Å². The molecule has 1 atom stereocenters. The van der Waals surface area contributed by atoms with E-state index in [4.69, 9.17) is 0 Å². The maximum Gasteiger partial charge on any atom is 0.407 e. The van der Waals surface area contributed by atoms with Crippen molar-refractivity contribution in [3.8, 4) is 5.75 Å². The molecule has 1 aliphatic heterocycles. The molecule has 1 aliphatic rings. The Kier molecular flexibility index (Phi) is 4.14. The van der Waals surface area contributed by atoms with Crippen molar-refractivity contribution in [3.05, 3.63) is 28.8 Å². The molecule has 2 rings (SSSR count). The lowest BCUT2D eigenvalue weighted by atomic mass is 9.74. The van der Waals surface area contributed by atoms with Gasteiger partial charge in [-0.05, 0) is 35.1 Å². The third kappa shape index (κ3) is 3.13. The van der Waals surface area contributed by atoms with Gasteiger partial charge in [-0.1, -0.05) is 20.8 Å². The maximum atomic E-state index is 11.4. The van der Waals surface area contributed by atoms with Gasteiger partial charge in [0.05, 0.1) is 6.61 Å². The Hall–Kier alpha value is -1.75. The molecule has 5 nitrogen and oxygen atoms in total. The highest BCUT2D eigenvalue weighted by atomic mass is 16.4. The van der Waals surface area contributed by atoms with Gasteiger partial charge in [-0.3, -0.25) is 0 Å². The van der Waals surface area contributed by atoms with Gasteiger partial charge in [0.15, 0.2) is 0 Å². The van der Waals surface area contributed by atoms with E-state index in [2.05, 4.69) is 20.8 Å². The number of benzene rings is 1. The summed E-state index contributed by atoms with van der Waals surface area (Å²) in [5.74, 6) is 0.102. The molecule has 5 heteroatoms. The fourth-order valence-corrected chi connectivity index (χ4v) is 2.94. The molecule has 21 heavy (non-hydrogen) atoms. The highest BCUT2D eigenvalue weighted by Gasteiger charge is 2.34. The summed E-state index contributed by atoms with van der Waals surface area (Å²) in [6, 6.07) is 3.50. The van der Waals surface area contributed by atoms with Gasteiger partial charge >= 0.3 is 6.09 Å². The number of carboxylic acid groups (broad SMARTS) is 1. The summed E-state index contributed by atoms with van der Waals surface area (Å²) in [6.45, 7) is 6.88. The Bertz CT molecular complexity index is 548. The molecule has 1 amide bonds. The van der Waals surface area contributed by atoms with Crippen molar-refractivity contribution >= 4 is 6.09 Å². The Morgan fingerprint density at radius 2 is 2.05 bits per heavy atom. The molecule has 1 heterocycles. The van der Waals surface area contributed by atoms with Crippen molar-refractivity contribution in [2.75, 3.05) is 13.1 Å². The van der Waals surface area contributed by atoms with Crippen molar-refractivity contribution in [2.24, 2.45) is 5.41 Å². The van der Waals surface area contributed by atoms with Gasteiger partial charge in [-0.15, -0.1) is 0 Å². The number of phenols is 1. The molecule has 0 aromatic heterocycles. The van der Waals surface area contributed by atoms with Crippen LogP contribution in [-0.2, 0) is 13.0 Å². The molecule has 0 bridgehead atoms. The van der Waals surface area contributed by atoms with Crippen LogP contribution in [0.25, 0.3) is 0 Å². The Labute approximate surface area is 124 Å². The van der Waals surface area contributed by atoms with Crippen molar-refractivity contribution < 1.29 is 20.1 Å². The van der Waals surface area contributed by atoms with E-state index in [1.165, 1.54) is 4.90 Å². The number of nitrogens with zero attached hydrogens (tertiary/aromatic N) is 1. The summed E-state index contributed by atoms with van der Waals surface area (Å²) in [5.41, 5.74) is 2.38. The van der Waals surface area contributed by atoms with E-state index < -0.39 is 6.09 Å². The van der Waals surface area contributed by atoms with Gasteiger partial charge in [0, 0.05) is 24.6 Å². The third-order valence-electron chi connectivity index (χ3n) is 4.26. The van der Waals surface area contributed by atoms with Crippen LogP contribution in [0.15, 0.2) is 12.1 Å². The molecule has 116 valence electrons. The first-order valence-corrected chi connectivity index (χ1v) is 7.17. The summed E-state index contributed by atoms with van der Waals surface area (Å²) >= 11 is 0. The average molecular weight is 293 g/mol. The van der Waals surface area contributed by atoms with E-state index in [1.54, 1.807) is 6.07 Å². The minimum Gasteiger partial charge on any atom is -0.508 e. The van der Waals surface area contributed by atoms with Crippen LogP contribution >= 0.6 is 0 Å². The number of aliphatic hydroxyl groups excluding tert-OH is 1. The summed E-state index contributed by atoms with van der Waals surface area (Å²) in [4.78, 5) is 12.8. The molecule has 0 saturated heterocycles. The van der Waals surface area contributed by atoms with E-state index in [1.807, 2.05) is 6.07 Å². The minimum absolute atomic E-state index is 0.0250. The minimum atomic E-state index is -0.913. The Morgan fingerprint density at radius 1 is 1.38 bits per heavy atom. The third-order valence-corrected chi connectivity index (χ3v) is 4.26. The monoisotopic (exact) mass is 293 g/mol. The molecule has 1 aromatic rings. The van der Waals surface area contributed by atoms with Gasteiger partial charge in [0.2, 0.25) is 0 Å². The second-order valence-electron chi connectivity index (χ2n) is 6.74. The van der Waals surface area contributed by atoms with Crippen LogP contribution in [0, 0.1) is 5.41 Å². The fraction of sp³-hybridized carbons (Fsp3) is 0.562. The zero-order valence-corrected chi connectivity index (χ0v) is 12.8. The number of carbonyl (C=O) groups is 1. The van der Waals surface area contributed by atoms with Crippen LogP contribution < -0.4 is 0 Å². The topological polar surface area (TPSA) is 81.0 Å².